The van der Waals surface area contributed by atoms with Crippen molar-refractivity contribution in [2.24, 2.45) is 5.92 Å². The molecule has 4 rings (SSSR count). The van der Waals surface area contributed by atoms with Crippen LogP contribution < -0.4 is 5.32 Å². The van der Waals surface area contributed by atoms with E-state index < -0.39 is 0 Å². The SMILES string of the molecule is CN1CCc2cc(C(=O)N3C[C@@H](CO)[C@H](NC(=O)c4ccc(Cl)s4)C3)ccc2C1. The van der Waals surface area contributed by atoms with Crippen molar-refractivity contribution in [1.29, 1.82) is 0 Å². The van der Waals surface area contributed by atoms with E-state index in [0.29, 0.717) is 27.9 Å². The maximum absolute atomic E-state index is 13.1. The average molecular weight is 434 g/mol. The Bertz CT molecular complexity index is 932. The summed E-state index contributed by atoms with van der Waals surface area (Å²) in [4.78, 5) is 30.0. The normalized spacial score (nSPS) is 21.8. The number of hydrogen-bond donors (Lipinski definition) is 2. The number of nitrogens with one attached hydrogen (secondary N) is 1. The molecule has 2 aromatic rings. The molecule has 0 saturated carbocycles. The van der Waals surface area contributed by atoms with Crippen LogP contribution in [0.15, 0.2) is 30.3 Å². The lowest BCUT2D eigenvalue weighted by Crippen LogP contribution is -2.41. The van der Waals surface area contributed by atoms with Gasteiger partial charge in [-0.05, 0) is 48.9 Å². The van der Waals surface area contributed by atoms with Gasteiger partial charge in [0.25, 0.3) is 11.8 Å². The molecule has 0 spiro atoms. The predicted octanol–water partition coefficient (Wildman–Crippen LogP) is 2.25. The first-order chi connectivity index (χ1) is 13.9. The lowest BCUT2D eigenvalue weighted by molar-refractivity contribution is 0.0778. The van der Waals surface area contributed by atoms with Gasteiger partial charge in [0, 0.05) is 44.3 Å². The maximum atomic E-state index is 13.1. The van der Waals surface area contributed by atoms with Gasteiger partial charge in [0.2, 0.25) is 0 Å². The van der Waals surface area contributed by atoms with Crippen molar-refractivity contribution in [3.63, 3.8) is 0 Å². The van der Waals surface area contributed by atoms with Crippen LogP contribution in [0.5, 0.6) is 0 Å². The number of likely N-dealkylation sites (N-methyl/N-ethyl adjacent to an activating group) is 1. The Hall–Kier alpha value is -1.93. The standard InChI is InChI=1S/C21H24ClN3O3S/c1-24-7-6-13-8-14(2-3-15(13)9-24)21(28)25-10-16(12-26)17(11-25)23-20(27)18-4-5-19(22)29-18/h2-5,8,16-17,26H,6-7,9-12H2,1H3,(H,23,27)/t16-,17+/m0/s1. The van der Waals surface area contributed by atoms with Crippen LogP contribution in [-0.4, -0.2) is 66.1 Å². The number of hydrogen-bond acceptors (Lipinski definition) is 5. The van der Waals surface area contributed by atoms with Crippen LogP contribution in [0.3, 0.4) is 0 Å². The Morgan fingerprint density at radius 1 is 1.24 bits per heavy atom. The number of likely N-dealkylation sites (tertiary alicyclic amines) is 1. The lowest BCUT2D eigenvalue weighted by atomic mass is 9.97. The van der Waals surface area contributed by atoms with Crippen molar-refractivity contribution in [3.8, 4) is 0 Å². The maximum Gasteiger partial charge on any atom is 0.261 e. The minimum Gasteiger partial charge on any atom is -0.396 e. The summed E-state index contributed by atoms with van der Waals surface area (Å²) in [5.74, 6) is -0.469. The molecular formula is C21H24ClN3O3S. The zero-order chi connectivity index (χ0) is 20.5. The van der Waals surface area contributed by atoms with Crippen LogP contribution in [0.4, 0.5) is 0 Å². The van der Waals surface area contributed by atoms with E-state index in [1.807, 2.05) is 18.2 Å². The molecule has 0 aliphatic carbocycles. The summed E-state index contributed by atoms with van der Waals surface area (Å²) in [6.07, 6.45) is 0.939. The molecule has 0 unspecified atom stereocenters. The number of aliphatic hydroxyl groups is 1. The highest BCUT2D eigenvalue weighted by Gasteiger charge is 2.36. The number of amides is 2. The van der Waals surface area contributed by atoms with Crippen LogP contribution >= 0.6 is 22.9 Å². The molecule has 0 bridgehead atoms. The van der Waals surface area contributed by atoms with Crippen LogP contribution in [0.2, 0.25) is 4.34 Å². The van der Waals surface area contributed by atoms with Gasteiger partial charge in [0.15, 0.2) is 0 Å². The highest BCUT2D eigenvalue weighted by Crippen LogP contribution is 2.25. The number of carbonyl (C=O) groups excluding carboxylic acids is 2. The third kappa shape index (κ3) is 4.33. The van der Waals surface area contributed by atoms with Gasteiger partial charge < -0.3 is 20.2 Å². The Morgan fingerprint density at radius 3 is 2.79 bits per heavy atom. The first-order valence-corrected chi connectivity index (χ1v) is 10.9. The largest absolute Gasteiger partial charge is 0.396 e. The molecule has 1 aromatic carbocycles. The predicted molar refractivity (Wildman–Crippen MR) is 114 cm³/mol. The van der Waals surface area contributed by atoms with Crippen molar-refractivity contribution < 1.29 is 14.7 Å². The number of aliphatic hydroxyl groups excluding tert-OH is 1. The minimum absolute atomic E-state index is 0.0545. The molecule has 1 saturated heterocycles. The summed E-state index contributed by atoms with van der Waals surface area (Å²) in [5, 5.41) is 12.7. The molecule has 1 fully saturated rings. The van der Waals surface area contributed by atoms with E-state index >= 15 is 0 Å². The molecule has 3 heterocycles. The van der Waals surface area contributed by atoms with Crippen LogP contribution in [0.25, 0.3) is 0 Å². The number of rotatable bonds is 4. The Morgan fingerprint density at radius 2 is 2.07 bits per heavy atom. The fraction of sp³-hybridized carbons (Fsp3) is 0.429. The number of benzene rings is 1. The van der Waals surface area contributed by atoms with Gasteiger partial charge in [-0.2, -0.15) is 0 Å². The summed E-state index contributed by atoms with van der Waals surface area (Å²) in [6.45, 7) is 2.61. The Labute approximate surface area is 179 Å². The van der Waals surface area contributed by atoms with Gasteiger partial charge in [-0.1, -0.05) is 17.7 Å². The van der Waals surface area contributed by atoms with Gasteiger partial charge in [-0.3, -0.25) is 9.59 Å². The molecule has 2 aliphatic heterocycles. The first kappa shape index (κ1) is 20.3. The van der Waals surface area contributed by atoms with E-state index in [1.165, 1.54) is 22.5 Å². The summed E-state index contributed by atoms with van der Waals surface area (Å²) >= 11 is 7.12. The zero-order valence-electron chi connectivity index (χ0n) is 16.2. The molecule has 2 amide bonds. The number of halogens is 1. The topological polar surface area (TPSA) is 72.9 Å². The van der Waals surface area contributed by atoms with Crippen molar-refractivity contribution >= 4 is 34.8 Å². The second-order valence-electron chi connectivity index (χ2n) is 7.81. The van der Waals surface area contributed by atoms with E-state index in [1.54, 1.807) is 17.0 Å². The van der Waals surface area contributed by atoms with Crippen molar-refractivity contribution in [3.05, 3.63) is 56.2 Å². The molecular weight excluding hydrogens is 410 g/mol. The molecule has 2 N–H and O–H groups in total. The quantitative estimate of drug-likeness (QED) is 0.775. The Balaban J connectivity index is 1.45. The molecule has 8 heteroatoms. The van der Waals surface area contributed by atoms with Gasteiger partial charge >= 0.3 is 0 Å². The molecule has 0 radical (unpaired) electrons. The third-order valence-electron chi connectivity index (χ3n) is 5.73. The molecule has 6 nitrogen and oxygen atoms in total. The summed E-state index contributed by atoms with van der Waals surface area (Å²) in [6, 6.07) is 8.99. The molecule has 1 aromatic heterocycles. The summed E-state index contributed by atoms with van der Waals surface area (Å²) < 4.78 is 0.552. The van der Waals surface area contributed by atoms with Crippen molar-refractivity contribution in [2.75, 3.05) is 33.3 Å². The smallest absolute Gasteiger partial charge is 0.261 e. The van der Waals surface area contributed by atoms with Gasteiger partial charge in [-0.25, -0.2) is 0 Å². The minimum atomic E-state index is -0.288. The van der Waals surface area contributed by atoms with Crippen molar-refractivity contribution in [1.82, 2.24) is 15.1 Å². The van der Waals surface area contributed by atoms with E-state index in [2.05, 4.69) is 17.3 Å². The second kappa shape index (κ2) is 8.44. The number of carbonyl (C=O) groups is 2. The highest BCUT2D eigenvalue weighted by atomic mass is 35.5. The molecule has 2 aliphatic rings. The van der Waals surface area contributed by atoms with Gasteiger partial charge in [0.1, 0.15) is 0 Å². The van der Waals surface area contributed by atoms with E-state index in [0.717, 1.165) is 19.5 Å². The number of thiophene rings is 1. The monoisotopic (exact) mass is 433 g/mol. The van der Waals surface area contributed by atoms with Crippen LogP contribution in [0, 0.1) is 5.92 Å². The average Bonchev–Trinajstić information content (AvgIpc) is 3.33. The van der Waals surface area contributed by atoms with Crippen LogP contribution in [0.1, 0.15) is 31.2 Å². The lowest BCUT2D eigenvalue weighted by Gasteiger charge is -2.25. The second-order valence-corrected chi connectivity index (χ2v) is 9.52. The van der Waals surface area contributed by atoms with E-state index in [-0.39, 0.29) is 30.4 Å². The van der Waals surface area contributed by atoms with Crippen LogP contribution in [-0.2, 0) is 13.0 Å². The highest BCUT2D eigenvalue weighted by molar-refractivity contribution is 7.18. The number of fused-ring (bicyclic) bond motifs is 1. The third-order valence-corrected chi connectivity index (χ3v) is 6.96. The molecule has 29 heavy (non-hydrogen) atoms. The molecule has 2 atom stereocenters. The molecule has 154 valence electrons. The summed E-state index contributed by atoms with van der Waals surface area (Å²) in [5.41, 5.74) is 3.16. The van der Waals surface area contributed by atoms with Gasteiger partial charge in [-0.15, -0.1) is 11.3 Å². The zero-order valence-corrected chi connectivity index (χ0v) is 17.8. The van der Waals surface area contributed by atoms with E-state index in [9.17, 15) is 14.7 Å². The number of nitrogens with zero attached hydrogens (tertiary/aromatic N) is 2. The fourth-order valence-electron chi connectivity index (χ4n) is 4.07. The first-order valence-electron chi connectivity index (χ1n) is 9.71. The summed E-state index contributed by atoms with van der Waals surface area (Å²) in [7, 11) is 2.10. The van der Waals surface area contributed by atoms with Gasteiger partial charge in [0.05, 0.1) is 15.3 Å². The Kier molecular flexibility index (Phi) is 5.92. The fourth-order valence-corrected chi connectivity index (χ4v) is 5.02. The van der Waals surface area contributed by atoms with Crippen molar-refractivity contribution in [2.45, 2.75) is 19.0 Å². The van der Waals surface area contributed by atoms with E-state index in [4.69, 9.17) is 11.6 Å².